The summed E-state index contributed by atoms with van der Waals surface area (Å²) in [6, 6.07) is 19.2. The van der Waals surface area contributed by atoms with Gasteiger partial charge in [-0.15, -0.1) is 0 Å². The number of benzene rings is 3. The SMILES string of the molecule is CN(c1ccc(Cl)c(C(=O)Nc2ccccc2)c1)S(=O)(=O)c1ccc(Cl)cc1. The molecule has 28 heavy (non-hydrogen) atoms. The Kier molecular flexibility index (Phi) is 5.93. The van der Waals surface area contributed by atoms with Crippen LogP contribution in [0, 0.1) is 0 Å². The summed E-state index contributed by atoms with van der Waals surface area (Å²) in [6.07, 6.45) is 0. The minimum Gasteiger partial charge on any atom is -0.322 e. The molecule has 144 valence electrons. The molecule has 0 saturated carbocycles. The highest BCUT2D eigenvalue weighted by molar-refractivity contribution is 7.92. The molecule has 0 bridgehead atoms. The summed E-state index contributed by atoms with van der Waals surface area (Å²) in [6.45, 7) is 0. The van der Waals surface area contributed by atoms with Gasteiger partial charge in [0.2, 0.25) is 0 Å². The van der Waals surface area contributed by atoms with Crippen LogP contribution in [0.15, 0.2) is 77.7 Å². The van der Waals surface area contributed by atoms with Crippen molar-refractivity contribution in [3.05, 3.63) is 88.4 Å². The molecule has 0 aliphatic heterocycles. The van der Waals surface area contributed by atoms with Crippen LogP contribution in [-0.4, -0.2) is 21.4 Å². The van der Waals surface area contributed by atoms with E-state index in [4.69, 9.17) is 23.2 Å². The first-order valence-corrected chi connectivity index (χ1v) is 10.4. The lowest BCUT2D eigenvalue weighted by Gasteiger charge is -2.20. The number of halogens is 2. The van der Waals surface area contributed by atoms with E-state index in [0.717, 1.165) is 4.31 Å². The lowest BCUT2D eigenvalue weighted by atomic mass is 10.1. The number of rotatable bonds is 5. The fourth-order valence-corrected chi connectivity index (χ4v) is 4.02. The third-order valence-corrected chi connectivity index (χ3v) is 6.44. The molecule has 0 unspecified atom stereocenters. The van der Waals surface area contributed by atoms with Crippen LogP contribution in [0.5, 0.6) is 0 Å². The van der Waals surface area contributed by atoms with Crippen LogP contribution in [-0.2, 0) is 10.0 Å². The van der Waals surface area contributed by atoms with Crippen molar-refractivity contribution in [3.8, 4) is 0 Å². The molecule has 1 N–H and O–H groups in total. The quantitative estimate of drug-likeness (QED) is 0.609. The van der Waals surface area contributed by atoms with Crippen LogP contribution in [0.4, 0.5) is 11.4 Å². The van der Waals surface area contributed by atoms with E-state index in [-0.39, 0.29) is 15.5 Å². The topological polar surface area (TPSA) is 66.5 Å². The van der Waals surface area contributed by atoms with Crippen LogP contribution in [0.3, 0.4) is 0 Å². The predicted molar refractivity (Wildman–Crippen MR) is 113 cm³/mol. The van der Waals surface area contributed by atoms with Gasteiger partial charge in [0.05, 0.1) is 21.2 Å². The van der Waals surface area contributed by atoms with Gasteiger partial charge >= 0.3 is 0 Å². The minimum atomic E-state index is -3.82. The van der Waals surface area contributed by atoms with Gasteiger partial charge in [-0.05, 0) is 54.6 Å². The average molecular weight is 435 g/mol. The minimum absolute atomic E-state index is 0.0876. The van der Waals surface area contributed by atoms with Gasteiger partial charge in [0.25, 0.3) is 15.9 Å². The van der Waals surface area contributed by atoms with Crippen molar-refractivity contribution < 1.29 is 13.2 Å². The fourth-order valence-electron chi connectivity index (χ4n) is 2.51. The van der Waals surface area contributed by atoms with Crippen LogP contribution >= 0.6 is 23.2 Å². The summed E-state index contributed by atoms with van der Waals surface area (Å²) >= 11 is 12.0. The smallest absolute Gasteiger partial charge is 0.264 e. The first kappa shape index (κ1) is 20.2. The lowest BCUT2D eigenvalue weighted by Crippen LogP contribution is -2.27. The number of nitrogens with one attached hydrogen (secondary N) is 1. The zero-order valence-electron chi connectivity index (χ0n) is 14.8. The molecule has 0 spiro atoms. The second kappa shape index (κ2) is 8.22. The van der Waals surface area contributed by atoms with Crippen molar-refractivity contribution in [3.63, 3.8) is 0 Å². The van der Waals surface area contributed by atoms with Gasteiger partial charge in [0.15, 0.2) is 0 Å². The Morgan fingerprint density at radius 2 is 1.57 bits per heavy atom. The highest BCUT2D eigenvalue weighted by Gasteiger charge is 2.23. The van der Waals surface area contributed by atoms with Gasteiger partial charge in [-0.1, -0.05) is 41.4 Å². The molecule has 3 aromatic carbocycles. The number of hydrogen-bond acceptors (Lipinski definition) is 3. The van der Waals surface area contributed by atoms with Gasteiger partial charge in [-0.25, -0.2) is 8.42 Å². The van der Waals surface area contributed by atoms with Crippen molar-refractivity contribution >= 4 is 50.5 Å². The van der Waals surface area contributed by atoms with Crippen molar-refractivity contribution in [1.82, 2.24) is 0 Å². The third-order valence-electron chi connectivity index (χ3n) is 4.06. The number of nitrogens with zero attached hydrogens (tertiary/aromatic N) is 1. The number of amides is 1. The molecule has 0 radical (unpaired) electrons. The molecule has 0 fully saturated rings. The second-order valence-corrected chi connectivity index (χ2v) is 8.72. The van der Waals surface area contributed by atoms with Gasteiger partial charge in [-0.3, -0.25) is 9.10 Å². The van der Waals surface area contributed by atoms with Crippen LogP contribution in [0.25, 0.3) is 0 Å². The molecule has 5 nitrogen and oxygen atoms in total. The summed E-state index contributed by atoms with van der Waals surface area (Å²) in [5.41, 5.74) is 1.08. The first-order valence-electron chi connectivity index (χ1n) is 8.19. The highest BCUT2D eigenvalue weighted by atomic mass is 35.5. The number of carbonyl (C=O) groups excluding carboxylic acids is 1. The molecule has 3 aromatic rings. The Morgan fingerprint density at radius 1 is 0.929 bits per heavy atom. The Bertz CT molecular complexity index is 1100. The predicted octanol–water partition coefficient (Wildman–Crippen LogP) is 5.07. The fraction of sp³-hybridized carbons (Fsp3) is 0.0500. The summed E-state index contributed by atoms with van der Waals surface area (Å²) < 4.78 is 26.8. The number of hydrogen-bond donors (Lipinski definition) is 1. The normalized spacial score (nSPS) is 11.1. The third kappa shape index (κ3) is 4.30. The van der Waals surface area contributed by atoms with E-state index in [1.807, 2.05) is 6.07 Å². The zero-order chi connectivity index (χ0) is 20.3. The van der Waals surface area contributed by atoms with Gasteiger partial charge in [0.1, 0.15) is 0 Å². The van der Waals surface area contributed by atoms with E-state index in [9.17, 15) is 13.2 Å². The molecule has 0 atom stereocenters. The number of para-hydroxylation sites is 1. The standard InChI is InChI=1S/C20H16Cl2N2O3S/c1-24(28(26,27)17-10-7-14(21)8-11-17)16-9-12-19(22)18(13-16)20(25)23-15-5-3-2-4-6-15/h2-13H,1H3,(H,23,25). The number of sulfonamides is 1. The summed E-state index contributed by atoms with van der Waals surface area (Å²) in [7, 11) is -2.41. The van der Waals surface area contributed by atoms with E-state index in [1.54, 1.807) is 24.3 Å². The molecule has 0 heterocycles. The van der Waals surface area contributed by atoms with Gasteiger partial charge in [0, 0.05) is 17.8 Å². The Labute approximate surface area is 173 Å². The lowest BCUT2D eigenvalue weighted by molar-refractivity contribution is 0.102. The van der Waals surface area contributed by atoms with Crippen LogP contribution in [0.1, 0.15) is 10.4 Å². The van der Waals surface area contributed by atoms with Crippen molar-refractivity contribution in [2.45, 2.75) is 4.90 Å². The largest absolute Gasteiger partial charge is 0.322 e. The molecular weight excluding hydrogens is 419 g/mol. The molecule has 0 saturated heterocycles. The van der Waals surface area contributed by atoms with Gasteiger partial charge < -0.3 is 5.32 Å². The molecule has 3 rings (SSSR count). The Morgan fingerprint density at radius 3 is 2.21 bits per heavy atom. The molecule has 1 amide bonds. The number of anilines is 2. The average Bonchev–Trinajstić information content (AvgIpc) is 2.69. The second-order valence-electron chi connectivity index (χ2n) is 5.91. The maximum atomic E-state index is 12.9. The van der Waals surface area contributed by atoms with Crippen molar-refractivity contribution in [1.29, 1.82) is 0 Å². The molecular formula is C20H16Cl2N2O3S. The van der Waals surface area contributed by atoms with Crippen molar-refractivity contribution in [2.75, 3.05) is 16.7 Å². The molecule has 0 aliphatic carbocycles. The van der Waals surface area contributed by atoms with E-state index < -0.39 is 15.9 Å². The molecule has 8 heteroatoms. The summed E-state index contributed by atoms with van der Waals surface area (Å²) in [5.74, 6) is -0.435. The highest BCUT2D eigenvalue weighted by Crippen LogP contribution is 2.28. The summed E-state index contributed by atoms with van der Waals surface area (Å²) in [5, 5.41) is 3.39. The monoisotopic (exact) mass is 434 g/mol. The Hall–Kier alpha value is -2.54. The first-order chi connectivity index (χ1) is 13.3. The van der Waals surface area contributed by atoms with Crippen molar-refractivity contribution in [2.24, 2.45) is 0 Å². The molecule has 0 aliphatic rings. The van der Waals surface area contributed by atoms with Crippen LogP contribution < -0.4 is 9.62 Å². The van der Waals surface area contributed by atoms with Crippen LogP contribution in [0.2, 0.25) is 10.0 Å². The van der Waals surface area contributed by atoms with Gasteiger partial charge in [-0.2, -0.15) is 0 Å². The number of carbonyl (C=O) groups is 1. The maximum Gasteiger partial charge on any atom is 0.264 e. The zero-order valence-corrected chi connectivity index (χ0v) is 17.1. The van der Waals surface area contributed by atoms with E-state index in [1.165, 1.54) is 49.5 Å². The Balaban J connectivity index is 1.91. The summed E-state index contributed by atoms with van der Waals surface area (Å²) in [4.78, 5) is 12.7. The maximum absolute atomic E-state index is 12.9. The van der Waals surface area contributed by atoms with E-state index in [0.29, 0.717) is 16.4 Å². The molecule has 0 aromatic heterocycles. The van der Waals surface area contributed by atoms with E-state index in [2.05, 4.69) is 5.32 Å². The van der Waals surface area contributed by atoms with E-state index >= 15 is 0 Å².